The number of nitrogens with zero attached hydrogens (tertiary/aromatic N) is 2. The molecule has 29 heavy (non-hydrogen) atoms. The van der Waals surface area contributed by atoms with Gasteiger partial charge in [0.25, 0.3) is 11.5 Å². The number of imide groups is 1. The van der Waals surface area contributed by atoms with Gasteiger partial charge in [-0.3, -0.25) is 14.9 Å². The van der Waals surface area contributed by atoms with Gasteiger partial charge < -0.3 is 10.5 Å². The number of carbonyl (C=O) groups is 3. The zero-order valence-corrected chi connectivity index (χ0v) is 15.5. The van der Waals surface area contributed by atoms with Gasteiger partial charge in [0.1, 0.15) is 0 Å². The van der Waals surface area contributed by atoms with Crippen molar-refractivity contribution >= 4 is 28.7 Å². The van der Waals surface area contributed by atoms with Gasteiger partial charge in [0.15, 0.2) is 11.8 Å². The van der Waals surface area contributed by atoms with Crippen LogP contribution >= 0.6 is 0 Å². The van der Waals surface area contributed by atoms with Gasteiger partial charge in [0.2, 0.25) is 0 Å². The molecule has 3 aromatic rings. The third kappa shape index (κ3) is 4.46. The van der Waals surface area contributed by atoms with Crippen LogP contribution in [0.15, 0.2) is 59.4 Å². The summed E-state index contributed by atoms with van der Waals surface area (Å²) >= 11 is 0. The highest BCUT2D eigenvalue weighted by atomic mass is 16.5. The number of nitrogens with two attached hydrogens (primary N) is 1. The van der Waals surface area contributed by atoms with Crippen molar-refractivity contribution in [2.45, 2.75) is 19.6 Å². The summed E-state index contributed by atoms with van der Waals surface area (Å²) in [4.78, 5) is 48.1. The fraction of sp³-hybridized carbons (Fsp3) is 0.150. The van der Waals surface area contributed by atoms with Gasteiger partial charge in [-0.2, -0.15) is 5.10 Å². The molecule has 0 fully saturated rings. The van der Waals surface area contributed by atoms with Crippen molar-refractivity contribution in [1.29, 1.82) is 0 Å². The van der Waals surface area contributed by atoms with E-state index in [-0.39, 0.29) is 17.8 Å². The molecule has 1 heterocycles. The Morgan fingerprint density at radius 2 is 1.69 bits per heavy atom. The number of benzene rings is 2. The van der Waals surface area contributed by atoms with Crippen molar-refractivity contribution in [3.05, 3.63) is 76.2 Å². The van der Waals surface area contributed by atoms with E-state index in [1.165, 1.54) is 11.6 Å². The van der Waals surface area contributed by atoms with Crippen LogP contribution in [0.1, 0.15) is 23.0 Å². The molecule has 0 aliphatic carbocycles. The number of aromatic nitrogens is 2. The summed E-state index contributed by atoms with van der Waals surface area (Å²) < 4.78 is 6.28. The number of carbonyl (C=O) groups excluding carboxylic acids is 3. The topological polar surface area (TPSA) is 133 Å². The van der Waals surface area contributed by atoms with E-state index < -0.39 is 24.0 Å². The van der Waals surface area contributed by atoms with Crippen molar-refractivity contribution < 1.29 is 19.1 Å². The highest BCUT2D eigenvalue weighted by molar-refractivity contribution is 6.03. The second-order valence-corrected chi connectivity index (χ2v) is 6.24. The first-order chi connectivity index (χ1) is 13.9. The SMILES string of the molecule is C[C@H](OC(=O)c1nn(Cc2ccccc2)c(=O)c2ccccc12)C(=O)NC(N)=O. The highest BCUT2D eigenvalue weighted by Crippen LogP contribution is 2.15. The highest BCUT2D eigenvalue weighted by Gasteiger charge is 2.24. The number of urea groups is 1. The Bertz CT molecular complexity index is 1140. The summed E-state index contributed by atoms with van der Waals surface area (Å²) in [6.07, 6.45) is -1.29. The lowest BCUT2D eigenvalue weighted by atomic mass is 10.1. The molecule has 0 aliphatic rings. The molecule has 2 aromatic carbocycles. The lowest BCUT2D eigenvalue weighted by Gasteiger charge is -2.14. The zero-order chi connectivity index (χ0) is 21.0. The average molecular weight is 394 g/mol. The molecule has 1 aromatic heterocycles. The van der Waals surface area contributed by atoms with Crippen LogP contribution in [0.4, 0.5) is 4.79 Å². The van der Waals surface area contributed by atoms with Gasteiger partial charge in [0, 0.05) is 5.39 Å². The molecule has 0 aliphatic heterocycles. The monoisotopic (exact) mass is 394 g/mol. The van der Waals surface area contributed by atoms with Crippen molar-refractivity contribution in [3.63, 3.8) is 0 Å². The summed E-state index contributed by atoms with van der Waals surface area (Å²) in [5.74, 6) is -1.78. The quantitative estimate of drug-likeness (QED) is 0.624. The minimum atomic E-state index is -1.29. The first-order valence-corrected chi connectivity index (χ1v) is 8.72. The number of hydrogen-bond donors (Lipinski definition) is 2. The largest absolute Gasteiger partial charge is 0.448 e. The lowest BCUT2D eigenvalue weighted by Crippen LogP contribution is -2.42. The molecule has 3 N–H and O–H groups in total. The van der Waals surface area contributed by atoms with E-state index in [1.54, 1.807) is 24.3 Å². The van der Waals surface area contributed by atoms with Crippen LogP contribution in [0.25, 0.3) is 10.8 Å². The Morgan fingerprint density at radius 1 is 1.07 bits per heavy atom. The normalized spacial score (nSPS) is 11.6. The summed E-state index contributed by atoms with van der Waals surface area (Å²) in [6, 6.07) is 14.6. The Balaban J connectivity index is 1.99. The van der Waals surface area contributed by atoms with Gasteiger partial charge >= 0.3 is 12.0 Å². The molecular weight excluding hydrogens is 376 g/mol. The third-order valence-corrected chi connectivity index (χ3v) is 4.14. The van der Waals surface area contributed by atoms with Crippen molar-refractivity contribution in [2.75, 3.05) is 0 Å². The van der Waals surface area contributed by atoms with E-state index in [0.29, 0.717) is 10.8 Å². The molecule has 3 amide bonds. The van der Waals surface area contributed by atoms with Gasteiger partial charge in [-0.05, 0) is 18.6 Å². The molecule has 0 radical (unpaired) electrons. The molecule has 0 spiro atoms. The number of nitrogens with one attached hydrogen (secondary N) is 1. The first kappa shape index (κ1) is 19.7. The van der Waals surface area contributed by atoms with Crippen molar-refractivity contribution in [1.82, 2.24) is 15.1 Å². The molecule has 148 valence electrons. The Kier molecular flexibility index (Phi) is 5.68. The predicted molar refractivity (Wildman–Crippen MR) is 104 cm³/mol. The molecule has 0 saturated carbocycles. The van der Waals surface area contributed by atoms with Crippen LogP contribution < -0.4 is 16.6 Å². The summed E-state index contributed by atoms with van der Waals surface area (Å²) in [7, 11) is 0. The van der Waals surface area contributed by atoms with Crippen LogP contribution in [-0.2, 0) is 16.1 Å². The van der Waals surface area contributed by atoms with E-state index in [2.05, 4.69) is 5.10 Å². The second-order valence-electron chi connectivity index (χ2n) is 6.24. The van der Waals surface area contributed by atoms with Gasteiger partial charge in [-0.15, -0.1) is 0 Å². The van der Waals surface area contributed by atoms with Gasteiger partial charge in [0.05, 0.1) is 11.9 Å². The molecule has 0 unspecified atom stereocenters. The fourth-order valence-electron chi connectivity index (χ4n) is 2.74. The van der Waals surface area contributed by atoms with Gasteiger partial charge in [-0.25, -0.2) is 14.3 Å². The smallest absolute Gasteiger partial charge is 0.360 e. The van der Waals surface area contributed by atoms with Crippen molar-refractivity contribution in [3.8, 4) is 0 Å². The number of ether oxygens (including phenoxy) is 1. The molecule has 0 saturated heterocycles. The molecule has 3 rings (SSSR count). The number of hydrogen-bond acceptors (Lipinski definition) is 6. The van der Waals surface area contributed by atoms with Crippen molar-refractivity contribution in [2.24, 2.45) is 5.73 Å². The zero-order valence-electron chi connectivity index (χ0n) is 15.5. The van der Waals surface area contributed by atoms with Crippen LogP contribution in [0.2, 0.25) is 0 Å². The number of fused-ring (bicyclic) bond motifs is 1. The number of primary amides is 1. The first-order valence-electron chi connectivity index (χ1n) is 8.72. The van der Waals surface area contributed by atoms with E-state index in [1.807, 2.05) is 35.6 Å². The maximum Gasteiger partial charge on any atom is 0.360 e. The van der Waals surface area contributed by atoms with Crippen LogP contribution in [0.3, 0.4) is 0 Å². The standard InChI is InChI=1S/C20H18N4O5/c1-12(17(25)22-20(21)28)29-19(27)16-14-9-5-6-10-15(14)18(26)24(23-16)11-13-7-3-2-4-8-13/h2-10,12H,11H2,1H3,(H3,21,22,25,28)/t12-/m0/s1. The molecule has 0 bridgehead atoms. The second kappa shape index (κ2) is 8.34. The van der Waals surface area contributed by atoms with Crippen LogP contribution in [0, 0.1) is 0 Å². The Morgan fingerprint density at radius 3 is 2.34 bits per heavy atom. The number of esters is 1. The van der Waals surface area contributed by atoms with E-state index >= 15 is 0 Å². The summed E-state index contributed by atoms with van der Waals surface area (Å²) in [5, 5.41) is 6.60. The summed E-state index contributed by atoms with van der Waals surface area (Å²) in [5.41, 5.74) is 5.24. The number of rotatable bonds is 5. The molecular formula is C20H18N4O5. The minimum absolute atomic E-state index is 0.116. The predicted octanol–water partition coefficient (Wildman–Crippen LogP) is 1.18. The maximum absolute atomic E-state index is 12.8. The Hall–Kier alpha value is -4.01. The maximum atomic E-state index is 12.8. The van der Waals surface area contributed by atoms with E-state index in [4.69, 9.17) is 10.5 Å². The van der Waals surface area contributed by atoms with Gasteiger partial charge in [-0.1, -0.05) is 48.5 Å². The molecule has 9 heteroatoms. The fourth-order valence-corrected chi connectivity index (χ4v) is 2.74. The summed E-state index contributed by atoms with van der Waals surface area (Å²) in [6.45, 7) is 1.45. The molecule has 1 atom stereocenters. The lowest BCUT2D eigenvalue weighted by molar-refractivity contribution is -0.127. The average Bonchev–Trinajstić information content (AvgIpc) is 2.70. The third-order valence-electron chi connectivity index (χ3n) is 4.14. The Labute approximate surface area is 165 Å². The van der Waals surface area contributed by atoms with Crippen LogP contribution in [0.5, 0.6) is 0 Å². The minimum Gasteiger partial charge on any atom is -0.448 e. The van der Waals surface area contributed by atoms with E-state index in [0.717, 1.165) is 5.56 Å². The van der Waals surface area contributed by atoms with E-state index in [9.17, 15) is 19.2 Å². The number of amides is 3. The molecule has 9 nitrogen and oxygen atoms in total. The van der Waals surface area contributed by atoms with Crippen LogP contribution in [-0.4, -0.2) is 33.8 Å².